The summed E-state index contributed by atoms with van der Waals surface area (Å²) in [5, 5.41) is 2.81. The van der Waals surface area contributed by atoms with Crippen LogP contribution in [0, 0.1) is 5.92 Å². The van der Waals surface area contributed by atoms with Crippen LogP contribution in [0.15, 0.2) is 29.2 Å². The van der Waals surface area contributed by atoms with E-state index in [4.69, 9.17) is 10.5 Å². The van der Waals surface area contributed by atoms with Crippen LogP contribution in [0.1, 0.15) is 25.3 Å². The third-order valence-electron chi connectivity index (χ3n) is 4.11. The van der Waals surface area contributed by atoms with Gasteiger partial charge in [0.05, 0.1) is 10.9 Å². The predicted molar refractivity (Wildman–Crippen MR) is 97.9 cm³/mol. The minimum Gasteiger partial charge on any atom is -0.381 e. The highest BCUT2D eigenvalue weighted by Crippen LogP contribution is 2.17. The quantitative estimate of drug-likeness (QED) is 0.636. The van der Waals surface area contributed by atoms with Crippen LogP contribution in [0.3, 0.4) is 0 Å². The molecule has 1 atom stereocenters. The van der Waals surface area contributed by atoms with Gasteiger partial charge in [-0.1, -0.05) is 19.1 Å². The minimum atomic E-state index is -3.46. The fourth-order valence-corrected chi connectivity index (χ4v) is 3.70. The number of halogens is 1. The van der Waals surface area contributed by atoms with E-state index in [0.29, 0.717) is 26.3 Å². The van der Waals surface area contributed by atoms with Gasteiger partial charge in [0, 0.05) is 26.3 Å². The Morgan fingerprint density at radius 2 is 1.88 bits per heavy atom. The molecule has 1 aromatic carbocycles. The van der Waals surface area contributed by atoms with Gasteiger partial charge < -0.3 is 15.8 Å². The summed E-state index contributed by atoms with van der Waals surface area (Å²) in [6.07, 6.45) is 1.59. The molecule has 7 nitrogen and oxygen atoms in total. The Hall–Kier alpha value is -1.19. The highest BCUT2D eigenvalue weighted by Gasteiger charge is 2.26. The van der Waals surface area contributed by atoms with Gasteiger partial charge in [0.25, 0.3) is 0 Å². The normalized spacial score (nSPS) is 16.7. The molecule has 0 bridgehead atoms. The number of carbonyl (C=O) groups is 1. The highest BCUT2D eigenvalue weighted by molar-refractivity contribution is 7.89. The summed E-state index contributed by atoms with van der Waals surface area (Å²) in [6.45, 7) is 3.67. The maximum Gasteiger partial charge on any atom is 0.240 e. The van der Waals surface area contributed by atoms with E-state index in [2.05, 4.69) is 10.0 Å². The van der Waals surface area contributed by atoms with Crippen molar-refractivity contribution < 1.29 is 17.9 Å². The largest absolute Gasteiger partial charge is 0.381 e. The molecule has 1 fully saturated rings. The Labute approximate surface area is 155 Å². The van der Waals surface area contributed by atoms with Gasteiger partial charge in [0.15, 0.2) is 0 Å². The number of benzene rings is 1. The second-order valence-electron chi connectivity index (χ2n) is 5.84. The van der Waals surface area contributed by atoms with Gasteiger partial charge in [-0.15, -0.1) is 12.4 Å². The number of hydrogen-bond acceptors (Lipinski definition) is 5. The molecule has 1 amide bonds. The van der Waals surface area contributed by atoms with E-state index in [0.717, 1.165) is 18.4 Å². The molecule has 1 aliphatic rings. The molecule has 1 heterocycles. The second-order valence-corrected chi connectivity index (χ2v) is 7.61. The van der Waals surface area contributed by atoms with Gasteiger partial charge in [-0.05, 0) is 36.5 Å². The Balaban J connectivity index is 0.00000312. The zero-order chi connectivity index (χ0) is 17.6. The maximum atomic E-state index is 12.1. The lowest BCUT2D eigenvalue weighted by Crippen LogP contribution is -2.46. The Morgan fingerprint density at radius 3 is 2.44 bits per heavy atom. The van der Waals surface area contributed by atoms with Gasteiger partial charge in [0.1, 0.15) is 0 Å². The smallest absolute Gasteiger partial charge is 0.240 e. The van der Waals surface area contributed by atoms with Crippen LogP contribution >= 0.6 is 12.4 Å². The summed E-state index contributed by atoms with van der Waals surface area (Å²) in [7, 11) is -3.46. The molecular weight excluding hydrogens is 366 g/mol. The van der Waals surface area contributed by atoms with Crippen molar-refractivity contribution >= 4 is 28.3 Å². The molecule has 1 saturated heterocycles. The van der Waals surface area contributed by atoms with Crippen molar-refractivity contribution in [2.75, 3.05) is 19.8 Å². The molecule has 0 saturated carbocycles. The molecule has 0 spiro atoms. The Morgan fingerprint density at radius 1 is 1.28 bits per heavy atom. The SMILES string of the molecule is CCNS(=O)(=O)c1ccc(CNC(=O)C(N)C2CCOCC2)cc1.Cl. The second kappa shape index (κ2) is 10.1. The van der Waals surface area contributed by atoms with E-state index in [1.54, 1.807) is 19.1 Å². The molecule has 0 aromatic heterocycles. The topological polar surface area (TPSA) is 111 Å². The lowest BCUT2D eigenvalue weighted by Gasteiger charge is -2.26. The molecule has 1 aliphatic heterocycles. The van der Waals surface area contributed by atoms with E-state index in [1.165, 1.54) is 12.1 Å². The van der Waals surface area contributed by atoms with Crippen molar-refractivity contribution in [3.8, 4) is 0 Å². The van der Waals surface area contributed by atoms with Crippen molar-refractivity contribution in [3.05, 3.63) is 29.8 Å². The van der Waals surface area contributed by atoms with Crippen LogP contribution in [0.2, 0.25) is 0 Å². The molecule has 25 heavy (non-hydrogen) atoms. The van der Waals surface area contributed by atoms with E-state index >= 15 is 0 Å². The number of nitrogens with two attached hydrogens (primary N) is 1. The van der Waals surface area contributed by atoms with Gasteiger partial charge in [-0.2, -0.15) is 0 Å². The molecule has 1 unspecified atom stereocenters. The average molecular weight is 392 g/mol. The number of ether oxygens (including phenoxy) is 1. The molecule has 0 aliphatic carbocycles. The number of carbonyl (C=O) groups excluding carboxylic acids is 1. The first kappa shape index (κ1) is 21.9. The summed E-state index contributed by atoms with van der Waals surface area (Å²) >= 11 is 0. The standard InChI is InChI=1S/C16H25N3O4S.ClH/c1-2-19-24(21,22)14-5-3-12(4-6-14)11-18-16(20)15(17)13-7-9-23-10-8-13;/h3-6,13,15,19H,2,7-11,17H2,1H3,(H,18,20);1H. The summed E-state index contributed by atoms with van der Waals surface area (Å²) in [5.74, 6) is -0.0439. The first-order chi connectivity index (χ1) is 11.4. The zero-order valence-electron chi connectivity index (χ0n) is 14.2. The lowest BCUT2D eigenvalue weighted by atomic mass is 9.92. The molecular formula is C16H26ClN3O4S. The summed E-state index contributed by atoms with van der Waals surface area (Å²) in [4.78, 5) is 12.4. The van der Waals surface area contributed by atoms with Crippen LogP contribution in [0.4, 0.5) is 0 Å². The fraction of sp³-hybridized carbons (Fsp3) is 0.562. The number of nitrogens with one attached hydrogen (secondary N) is 2. The number of rotatable bonds is 7. The molecule has 0 radical (unpaired) electrons. The van der Waals surface area contributed by atoms with E-state index in [-0.39, 0.29) is 29.1 Å². The van der Waals surface area contributed by atoms with Gasteiger partial charge in [-0.3, -0.25) is 4.79 Å². The van der Waals surface area contributed by atoms with Crippen LogP contribution in [0.25, 0.3) is 0 Å². The number of hydrogen-bond donors (Lipinski definition) is 3. The number of sulfonamides is 1. The summed E-state index contributed by atoms with van der Waals surface area (Å²) in [5.41, 5.74) is 6.83. The van der Waals surface area contributed by atoms with Crippen LogP contribution < -0.4 is 15.8 Å². The van der Waals surface area contributed by atoms with Crippen molar-refractivity contribution in [1.29, 1.82) is 0 Å². The monoisotopic (exact) mass is 391 g/mol. The van der Waals surface area contributed by atoms with Crippen molar-refractivity contribution in [1.82, 2.24) is 10.0 Å². The highest BCUT2D eigenvalue weighted by atomic mass is 35.5. The van der Waals surface area contributed by atoms with E-state index in [9.17, 15) is 13.2 Å². The fourth-order valence-electron chi connectivity index (χ4n) is 2.66. The first-order valence-electron chi connectivity index (χ1n) is 8.13. The Bertz CT molecular complexity index is 646. The minimum absolute atomic E-state index is 0. The zero-order valence-corrected chi connectivity index (χ0v) is 15.9. The molecule has 1 aromatic rings. The van der Waals surface area contributed by atoms with E-state index in [1.807, 2.05) is 0 Å². The molecule has 142 valence electrons. The van der Waals surface area contributed by atoms with Crippen LogP contribution in [-0.2, 0) is 26.1 Å². The Kier molecular flexibility index (Phi) is 8.81. The first-order valence-corrected chi connectivity index (χ1v) is 9.62. The van der Waals surface area contributed by atoms with Gasteiger partial charge in [-0.25, -0.2) is 13.1 Å². The lowest BCUT2D eigenvalue weighted by molar-refractivity contribution is -0.124. The van der Waals surface area contributed by atoms with Gasteiger partial charge in [0.2, 0.25) is 15.9 Å². The van der Waals surface area contributed by atoms with E-state index < -0.39 is 16.1 Å². The molecule has 4 N–H and O–H groups in total. The maximum absolute atomic E-state index is 12.1. The van der Waals surface area contributed by atoms with Crippen molar-refractivity contribution in [3.63, 3.8) is 0 Å². The summed E-state index contributed by atoms with van der Waals surface area (Å²) in [6, 6.07) is 5.88. The predicted octanol–water partition coefficient (Wildman–Crippen LogP) is 0.777. The molecule has 2 rings (SSSR count). The third kappa shape index (κ3) is 6.23. The van der Waals surface area contributed by atoms with Crippen LogP contribution in [-0.4, -0.2) is 40.1 Å². The number of amides is 1. The third-order valence-corrected chi connectivity index (χ3v) is 5.67. The summed E-state index contributed by atoms with van der Waals surface area (Å²) < 4.78 is 31.4. The average Bonchev–Trinajstić information content (AvgIpc) is 2.60. The van der Waals surface area contributed by atoms with Gasteiger partial charge >= 0.3 is 0 Å². The molecule has 9 heteroatoms. The van der Waals surface area contributed by atoms with Crippen molar-refractivity contribution in [2.24, 2.45) is 11.7 Å². The van der Waals surface area contributed by atoms with Crippen LogP contribution in [0.5, 0.6) is 0 Å². The van der Waals surface area contributed by atoms with Crippen molar-refractivity contribution in [2.45, 2.75) is 37.2 Å².